The van der Waals surface area contributed by atoms with Crippen LogP contribution >= 0.6 is 0 Å². The second-order valence-electron chi connectivity index (χ2n) is 7.49. The van der Waals surface area contributed by atoms with Gasteiger partial charge in [-0.25, -0.2) is 13.1 Å². The van der Waals surface area contributed by atoms with Crippen LogP contribution in [0, 0.1) is 11.3 Å². The van der Waals surface area contributed by atoms with E-state index in [0.717, 1.165) is 38.5 Å². The third-order valence-electron chi connectivity index (χ3n) is 5.53. The van der Waals surface area contributed by atoms with Crippen molar-refractivity contribution in [2.24, 2.45) is 11.3 Å². The van der Waals surface area contributed by atoms with Crippen LogP contribution in [0.2, 0.25) is 0 Å². The lowest BCUT2D eigenvalue weighted by Gasteiger charge is -2.27. The van der Waals surface area contributed by atoms with Gasteiger partial charge in [-0.1, -0.05) is 6.92 Å². The summed E-state index contributed by atoms with van der Waals surface area (Å²) < 4.78 is 27.0. The van der Waals surface area contributed by atoms with Crippen molar-refractivity contribution in [3.8, 4) is 0 Å². The number of amides is 1. The monoisotopic (exact) mass is 330 g/mol. The Morgan fingerprint density at radius 1 is 1.27 bits per heavy atom. The average Bonchev–Trinajstić information content (AvgIpc) is 3.13. The van der Waals surface area contributed by atoms with Gasteiger partial charge in [0.2, 0.25) is 15.9 Å². The SMILES string of the molecule is CC1CCC(NS(=O)(=O)CC(=O)N2CC(O)C3(CC3)C2)CC1. The number of carbonyl (C=O) groups is 1. The minimum Gasteiger partial charge on any atom is -0.391 e. The highest BCUT2D eigenvalue weighted by molar-refractivity contribution is 7.90. The van der Waals surface area contributed by atoms with Gasteiger partial charge in [-0.05, 0) is 44.4 Å². The van der Waals surface area contributed by atoms with Gasteiger partial charge in [-0.15, -0.1) is 0 Å². The second kappa shape index (κ2) is 5.76. The maximum Gasteiger partial charge on any atom is 0.239 e. The quantitative estimate of drug-likeness (QED) is 0.784. The van der Waals surface area contributed by atoms with Crippen molar-refractivity contribution in [1.29, 1.82) is 0 Å². The fourth-order valence-corrected chi connectivity index (χ4v) is 5.06. The molecule has 3 aliphatic rings. The largest absolute Gasteiger partial charge is 0.391 e. The minimum absolute atomic E-state index is 0.0343. The molecule has 0 radical (unpaired) electrons. The van der Waals surface area contributed by atoms with Gasteiger partial charge >= 0.3 is 0 Å². The molecule has 1 heterocycles. The van der Waals surface area contributed by atoms with Crippen LogP contribution in [0.5, 0.6) is 0 Å². The van der Waals surface area contributed by atoms with Gasteiger partial charge in [-0.3, -0.25) is 4.79 Å². The highest BCUT2D eigenvalue weighted by Gasteiger charge is 2.55. The average molecular weight is 330 g/mol. The maximum atomic E-state index is 12.2. The minimum atomic E-state index is -3.59. The molecule has 1 spiro atoms. The molecular formula is C15H26N2O4S. The number of hydrogen-bond acceptors (Lipinski definition) is 4. The Kier molecular flexibility index (Phi) is 4.24. The Labute approximate surface area is 132 Å². The van der Waals surface area contributed by atoms with E-state index in [1.54, 1.807) is 0 Å². The zero-order chi connectivity index (χ0) is 16.0. The van der Waals surface area contributed by atoms with Crippen LogP contribution in [0.1, 0.15) is 45.4 Å². The van der Waals surface area contributed by atoms with Crippen LogP contribution in [0.4, 0.5) is 0 Å². The molecule has 1 atom stereocenters. The van der Waals surface area contributed by atoms with E-state index in [1.165, 1.54) is 4.90 Å². The van der Waals surface area contributed by atoms with Crippen molar-refractivity contribution < 1.29 is 18.3 Å². The summed E-state index contributed by atoms with van der Waals surface area (Å²) in [6.07, 6.45) is 5.13. The lowest BCUT2D eigenvalue weighted by molar-refractivity contribution is -0.127. The van der Waals surface area contributed by atoms with Crippen LogP contribution in [0.3, 0.4) is 0 Å². The topological polar surface area (TPSA) is 86.7 Å². The molecule has 126 valence electrons. The Hall–Kier alpha value is -0.660. The third-order valence-corrected chi connectivity index (χ3v) is 6.85. The molecule has 7 heteroatoms. The number of sulfonamides is 1. The summed E-state index contributed by atoms with van der Waals surface area (Å²) in [6, 6.07) is -0.0343. The Bertz CT molecular complexity index is 536. The van der Waals surface area contributed by atoms with Crippen molar-refractivity contribution in [3.63, 3.8) is 0 Å². The molecule has 2 saturated carbocycles. The molecule has 1 aliphatic heterocycles. The lowest BCUT2D eigenvalue weighted by Crippen LogP contribution is -2.43. The number of likely N-dealkylation sites (tertiary alicyclic amines) is 1. The van der Waals surface area contributed by atoms with E-state index in [4.69, 9.17) is 0 Å². The number of aliphatic hydroxyl groups is 1. The zero-order valence-corrected chi connectivity index (χ0v) is 13.9. The molecule has 1 saturated heterocycles. The van der Waals surface area contributed by atoms with Crippen LogP contribution < -0.4 is 4.72 Å². The van der Waals surface area contributed by atoms with Gasteiger partial charge in [0.15, 0.2) is 0 Å². The molecule has 2 aliphatic carbocycles. The molecule has 1 amide bonds. The lowest BCUT2D eigenvalue weighted by atomic mass is 9.88. The molecule has 0 aromatic heterocycles. The van der Waals surface area contributed by atoms with E-state index in [1.807, 2.05) is 0 Å². The highest BCUT2D eigenvalue weighted by Crippen LogP contribution is 2.52. The number of nitrogens with one attached hydrogen (secondary N) is 1. The van der Waals surface area contributed by atoms with Crippen molar-refractivity contribution in [1.82, 2.24) is 9.62 Å². The molecule has 0 aromatic carbocycles. The van der Waals surface area contributed by atoms with Crippen LogP contribution in [-0.4, -0.2) is 55.3 Å². The first-order valence-electron chi connectivity index (χ1n) is 8.25. The summed E-state index contributed by atoms with van der Waals surface area (Å²) >= 11 is 0. The molecule has 0 bridgehead atoms. The van der Waals surface area contributed by atoms with Crippen LogP contribution in [-0.2, 0) is 14.8 Å². The van der Waals surface area contributed by atoms with Gasteiger partial charge in [0.25, 0.3) is 0 Å². The first kappa shape index (κ1) is 16.2. The van der Waals surface area contributed by atoms with Gasteiger partial charge in [0.05, 0.1) is 6.10 Å². The smallest absolute Gasteiger partial charge is 0.239 e. The molecule has 3 rings (SSSR count). The van der Waals surface area contributed by atoms with Crippen LogP contribution in [0.25, 0.3) is 0 Å². The molecule has 0 aromatic rings. The van der Waals surface area contributed by atoms with E-state index in [9.17, 15) is 18.3 Å². The number of β-amino-alcohol motifs (C(OH)–C–C–N with tert-alkyl or cyclic N) is 1. The Morgan fingerprint density at radius 3 is 2.45 bits per heavy atom. The first-order chi connectivity index (χ1) is 10.3. The number of rotatable bonds is 4. The predicted octanol–water partition coefficient (Wildman–Crippen LogP) is 0.468. The second-order valence-corrected chi connectivity index (χ2v) is 9.24. The van der Waals surface area contributed by atoms with E-state index in [-0.39, 0.29) is 23.9 Å². The van der Waals surface area contributed by atoms with E-state index >= 15 is 0 Å². The third kappa shape index (κ3) is 3.46. The zero-order valence-electron chi connectivity index (χ0n) is 13.1. The standard InChI is InChI=1S/C15H26N2O4S/c1-11-2-4-12(5-3-11)16-22(20,21)9-14(19)17-8-13(18)15(10-17)6-7-15/h11-13,16,18H,2-10H2,1H3. The number of nitrogens with zero attached hydrogens (tertiary/aromatic N) is 1. The van der Waals surface area contributed by atoms with Gasteiger partial charge < -0.3 is 10.0 Å². The summed E-state index contributed by atoms with van der Waals surface area (Å²) in [4.78, 5) is 13.7. The van der Waals surface area contributed by atoms with E-state index in [0.29, 0.717) is 12.5 Å². The number of carbonyl (C=O) groups excluding carboxylic acids is 1. The number of aliphatic hydroxyl groups excluding tert-OH is 1. The summed E-state index contributed by atoms with van der Waals surface area (Å²) in [5.41, 5.74) is -0.133. The molecule has 1 unspecified atom stereocenters. The fraction of sp³-hybridized carbons (Fsp3) is 0.933. The van der Waals surface area contributed by atoms with Gasteiger partial charge in [0.1, 0.15) is 5.75 Å². The first-order valence-corrected chi connectivity index (χ1v) is 9.91. The molecular weight excluding hydrogens is 304 g/mol. The van der Waals surface area contributed by atoms with Crippen molar-refractivity contribution >= 4 is 15.9 Å². The van der Waals surface area contributed by atoms with Crippen LogP contribution in [0.15, 0.2) is 0 Å². The summed E-state index contributed by atoms with van der Waals surface area (Å²) in [7, 11) is -3.59. The van der Waals surface area contributed by atoms with E-state index < -0.39 is 21.9 Å². The number of hydrogen-bond donors (Lipinski definition) is 2. The predicted molar refractivity (Wildman–Crippen MR) is 82.6 cm³/mol. The van der Waals surface area contributed by atoms with Crippen molar-refractivity contribution in [2.75, 3.05) is 18.8 Å². The fourth-order valence-electron chi connectivity index (χ4n) is 3.72. The molecule has 6 nitrogen and oxygen atoms in total. The molecule has 22 heavy (non-hydrogen) atoms. The van der Waals surface area contributed by atoms with Crippen molar-refractivity contribution in [2.45, 2.75) is 57.6 Å². The molecule has 2 N–H and O–H groups in total. The Balaban J connectivity index is 1.52. The summed E-state index contributed by atoms with van der Waals surface area (Å²) in [6.45, 7) is 2.96. The molecule has 3 fully saturated rings. The van der Waals surface area contributed by atoms with Gasteiger partial charge in [-0.2, -0.15) is 0 Å². The van der Waals surface area contributed by atoms with E-state index in [2.05, 4.69) is 11.6 Å². The Morgan fingerprint density at radius 2 is 1.91 bits per heavy atom. The highest BCUT2D eigenvalue weighted by atomic mass is 32.2. The normalized spacial score (nSPS) is 34.1. The maximum absolute atomic E-state index is 12.2. The van der Waals surface area contributed by atoms with Crippen molar-refractivity contribution in [3.05, 3.63) is 0 Å². The summed E-state index contributed by atoms with van der Waals surface area (Å²) in [5.74, 6) is -0.232. The van der Waals surface area contributed by atoms with Gasteiger partial charge in [0, 0.05) is 24.5 Å². The summed E-state index contributed by atoms with van der Waals surface area (Å²) in [5, 5.41) is 9.96.